The van der Waals surface area contributed by atoms with Crippen molar-refractivity contribution in [2.24, 2.45) is 0 Å². The Morgan fingerprint density at radius 2 is 1.94 bits per heavy atom. The standard InChI is InChI=1S/C14H21NO2/c1-11(9-13(16)17)15-10-14(2,3)12-7-5-4-6-8-12/h4-8,11,15H,9-10H2,1-3H3,(H,16,17). The van der Waals surface area contributed by atoms with E-state index in [1.807, 2.05) is 25.1 Å². The van der Waals surface area contributed by atoms with Crippen molar-refractivity contribution in [2.45, 2.75) is 38.6 Å². The summed E-state index contributed by atoms with van der Waals surface area (Å²) in [7, 11) is 0. The van der Waals surface area contributed by atoms with Crippen molar-refractivity contribution in [3.05, 3.63) is 35.9 Å². The van der Waals surface area contributed by atoms with E-state index < -0.39 is 5.97 Å². The Morgan fingerprint density at radius 1 is 1.35 bits per heavy atom. The predicted molar refractivity (Wildman–Crippen MR) is 69.2 cm³/mol. The van der Waals surface area contributed by atoms with Gasteiger partial charge in [0.2, 0.25) is 0 Å². The Hall–Kier alpha value is -1.35. The lowest BCUT2D eigenvalue weighted by Gasteiger charge is -2.27. The SMILES string of the molecule is CC(CC(=O)O)NCC(C)(C)c1ccccc1. The number of carbonyl (C=O) groups is 1. The van der Waals surface area contributed by atoms with Crippen LogP contribution >= 0.6 is 0 Å². The molecular formula is C14H21NO2. The van der Waals surface area contributed by atoms with Crippen molar-refractivity contribution in [2.75, 3.05) is 6.54 Å². The van der Waals surface area contributed by atoms with Gasteiger partial charge in [-0.1, -0.05) is 44.2 Å². The molecule has 0 spiro atoms. The second-order valence-electron chi connectivity index (χ2n) is 5.13. The molecule has 94 valence electrons. The summed E-state index contributed by atoms with van der Waals surface area (Å²) in [6, 6.07) is 10.2. The van der Waals surface area contributed by atoms with Gasteiger partial charge >= 0.3 is 5.97 Å². The van der Waals surface area contributed by atoms with E-state index in [-0.39, 0.29) is 17.9 Å². The van der Waals surface area contributed by atoms with E-state index in [4.69, 9.17) is 5.11 Å². The minimum atomic E-state index is -0.762. The van der Waals surface area contributed by atoms with Crippen LogP contribution in [0.4, 0.5) is 0 Å². The quantitative estimate of drug-likeness (QED) is 0.796. The first-order valence-electron chi connectivity index (χ1n) is 5.92. The fourth-order valence-corrected chi connectivity index (χ4v) is 1.75. The summed E-state index contributed by atoms with van der Waals surface area (Å²) in [5.74, 6) is -0.762. The molecule has 1 unspecified atom stereocenters. The minimum Gasteiger partial charge on any atom is -0.481 e. The molecule has 0 saturated heterocycles. The van der Waals surface area contributed by atoms with Crippen molar-refractivity contribution in [1.29, 1.82) is 0 Å². The van der Waals surface area contributed by atoms with Crippen molar-refractivity contribution >= 4 is 5.97 Å². The van der Waals surface area contributed by atoms with E-state index in [0.29, 0.717) is 0 Å². The second kappa shape index (κ2) is 5.82. The summed E-state index contributed by atoms with van der Waals surface area (Å²) in [5, 5.41) is 12.0. The molecule has 0 fully saturated rings. The average molecular weight is 235 g/mol. The van der Waals surface area contributed by atoms with Crippen LogP contribution in [0.5, 0.6) is 0 Å². The Morgan fingerprint density at radius 3 is 2.47 bits per heavy atom. The highest BCUT2D eigenvalue weighted by atomic mass is 16.4. The maximum Gasteiger partial charge on any atom is 0.304 e. The molecule has 3 nitrogen and oxygen atoms in total. The topological polar surface area (TPSA) is 49.3 Å². The van der Waals surface area contributed by atoms with Crippen LogP contribution < -0.4 is 5.32 Å². The highest BCUT2D eigenvalue weighted by molar-refractivity contribution is 5.67. The number of carboxylic acid groups (broad SMARTS) is 1. The molecule has 0 aliphatic carbocycles. The molecule has 0 amide bonds. The summed E-state index contributed by atoms with van der Waals surface area (Å²) >= 11 is 0. The van der Waals surface area contributed by atoms with E-state index in [0.717, 1.165) is 6.54 Å². The molecule has 1 atom stereocenters. The molecular weight excluding hydrogens is 214 g/mol. The minimum absolute atomic E-state index is 0.00418. The zero-order valence-corrected chi connectivity index (χ0v) is 10.7. The van der Waals surface area contributed by atoms with E-state index in [9.17, 15) is 4.79 Å². The first-order valence-corrected chi connectivity index (χ1v) is 5.92. The molecule has 0 heterocycles. The first-order chi connectivity index (χ1) is 7.92. The Balaban J connectivity index is 2.53. The average Bonchev–Trinajstić information content (AvgIpc) is 2.27. The van der Waals surface area contributed by atoms with Gasteiger partial charge in [-0.05, 0) is 12.5 Å². The van der Waals surface area contributed by atoms with Crippen LogP contribution in [0.1, 0.15) is 32.8 Å². The predicted octanol–water partition coefficient (Wildman–Crippen LogP) is 2.42. The number of benzene rings is 1. The van der Waals surface area contributed by atoms with Gasteiger partial charge in [-0.15, -0.1) is 0 Å². The molecule has 1 rings (SSSR count). The highest BCUT2D eigenvalue weighted by Crippen LogP contribution is 2.21. The van der Waals surface area contributed by atoms with Gasteiger partial charge in [0.05, 0.1) is 6.42 Å². The van der Waals surface area contributed by atoms with Crippen molar-refractivity contribution in [3.8, 4) is 0 Å². The van der Waals surface area contributed by atoms with Crippen LogP contribution in [-0.4, -0.2) is 23.7 Å². The molecule has 3 heteroatoms. The number of nitrogens with one attached hydrogen (secondary N) is 1. The maximum absolute atomic E-state index is 10.6. The fraction of sp³-hybridized carbons (Fsp3) is 0.500. The molecule has 0 aliphatic rings. The number of aliphatic carboxylic acids is 1. The van der Waals surface area contributed by atoms with Gasteiger partial charge in [0.15, 0.2) is 0 Å². The summed E-state index contributed by atoms with van der Waals surface area (Å²) < 4.78 is 0. The largest absolute Gasteiger partial charge is 0.481 e. The van der Waals surface area contributed by atoms with Crippen LogP contribution in [0.15, 0.2) is 30.3 Å². The van der Waals surface area contributed by atoms with Gasteiger partial charge in [-0.25, -0.2) is 0 Å². The number of carboxylic acids is 1. The molecule has 1 aromatic carbocycles. The molecule has 0 bridgehead atoms. The Bertz CT molecular complexity index is 360. The third kappa shape index (κ3) is 4.57. The van der Waals surface area contributed by atoms with Crippen molar-refractivity contribution < 1.29 is 9.90 Å². The van der Waals surface area contributed by atoms with Gasteiger partial charge in [-0.2, -0.15) is 0 Å². The number of rotatable bonds is 6. The molecule has 1 aromatic rings. The summed E-state index contributed by atoms with van der Waals surface area (Å²) in [5.41, 5.74) is 1.27. The van der Waals surface area contributed by atoms with Crippen LogP contribution in [-0.2, 0) is 10.2 Å². The van der Waals surface area contributed by atoms with Crippen LogP contribution in [0, 0.1) is 0 Å². The van der Waals surface area contributed by atoms with E-state index >= 15 is 0 Å². The van der Waals surface area contributed by atoms with Crippen molar-refractivity contribution in [3.63, 3.8) is 0 Å². The lowest BCUT2D eigenvalue weighted by molar-refractivity contribution is -0.137. The van der Waals surface area contributed by atoms with Gasteiger partial charge in [-0.3, -0.25) is 4.79 Å². The molecule has 0 aliphatic heterocycles. The van der Waals surface area contributed by atoms with E-state index in [1.54, 1.807) is 0 Å². The first kappa shape index (κ1) is 13.7. The molecule has 0 radical (unpaired) electrons. The zero-order valence-electron chi connectivity index (χ0n) is 10.7. The van der Waals surface area contributed by atoms with Gasteiger partial charge in [0.1, 0.15) is 0 Å². The van der Waals surface area contributed by atoms with Gasteiger partial charge in [0.25, 0.3) is 0 Å². The Labute approximate surface area is 103 Å². The third-order valence-corrected chi connectivity index (χ3v) is 2.93. The molecule has 0 saturated carbocycles. The molecule has 17 heavy (non-hydrogen) atoms. The van der Waals surface area contributed by atoms with Crippen LogP contribution in [0.3, 0.4) is 0 Å². The Kier molecular flexibility index (Phi) is 4.70. The second-order valence-corrected chi connectivity index (χ2v) is 5.13. The van der Waals surface area contributed by atoms with E-state index in [1.165, 1.54) is 5.56 Å². The monoisotopic (exact) mass is 235 g/mol. The maximum atomic E-state index is 10.6. The van der Waals surface area contributed by atoms with Gasteiger partial charge in [0, 0.05) is 18.0 Å². The summed E-state index contributed by atoms with van der Waals surface area (Å²) in [4.78, 5) is 10.6. The number of hydrogen-bond donors (Lipinski definition) is 2. The van der Waals surface area contributed by atoms with Crippen LogP contribution in [0.25, 0.3) is 0 Å². The van der Waals surface area contributed by atoms with Crippen LogP contribution in [0.2, 0.25) is 0 Å². The normalized spacial score (nSPS) is 13.4. The smallest absolute Gasteiger partial charge is 0.304 e. The zero-order chi connectivity index (χ0) is 12.9. The highest BCUT2D eigenvalue weighted by Gasteiger charge is 2.21. The fourth-order valence-electron chi connectivity index (χ4n) is 1.75. The lowest BCUT2D eigenvalue weighted by Crippen LogP contribution is -2.38. The van der Waals surface area contributed by atoms with Crippen molar-refractivity contribution in [1.82, 2.24) is 5.32 Å². The summed E-state index contributed by atoms with van der Waals surface area (Å²) in [6.45, 7) is 6.98. The third-order valence-electron chi connectivity index (χ3n) is 2.93. The number of hydrogen-bond acceptors (Lipinski definition) is 2. The molecule has 2 N–H and O–H groups in total. The van der Waals surface area contributed by atoms with E-state index in [2.05, 4.69) is 31.3 Å². The molecule has 0 aromatic heterocycles. The van der Waals surface area contributed by atoms with Gasteiger partial charge < -0.3 is 10.4 Å². The lowest BCUT2D eigenvalue weighted by atomic mass is 9.84. The summed E-state index contributed by atoms with van der Waals surface area (Å²) in [6.07, 6.45) is 0.158.